The molecule has 2 amide bonds. The van der Waals surface area contributed by atoms with Gasteiger partial charge in [0.25, 0.3) is 0 Å². The Morgan fingerprint density at radius 1 is 1.00 bits per heavy atom. The molecule has 0 radical (unpaired) electrons. The van der Waals surface area contributed by atoms with Gasteiger partial charge in [-0.15, -0.1) is 11.8 Å². The molecule has 1 aromatic rings. The van der Waals surface area contributed by atoms with Crippen molar-refractivity contribution in [2.75, 3.05) is 0 Å². The first kappa shape index (κ1) is 18.1. The van der Waals surface area contributed by atoms with Gasteiger partial charge < -0.3 is 0 Å². The highest BCUT2D eigenvalue weighted by atomic mass is 32.2. The van der Waals surface area contributed by atoms with Crippen molar-refractivity contribution in [2.24, 2.45) is 17.8 Å². The van der Waals surface area contributed by atoms with Gasteiger partial charge in [-0.05, 0) is 67.6 Å². The van der Waals surface area contributed by atoms with Crippen LogP contribution in [0, 0.1) is 17.8 Å². The number of carbonyl (C=O) groups is 2. The molecule has 1 N–H and O–H groups in total. The molecule has 2 saturated carbocycles. The van der Waals surface area contributed by atoms with E-state index in [2.05, 4.69) is 29.6 Å². The minimum Gasteiger partial charge on any atom is -0.295 e. The fourth-order valence-electron chi connectivity index (χ4n) is 4.81. The summed E-state index contributed by atoms with van der Waals surface area (Å²) in [5.74, 6) is 2.55. The van der Waals surface area contributed by atoms with Crippen molar-refractivity contribution in [2.45, 2.75) is 74.4 Å². The highest BCUT2D eigenvalue weighted by molar-refractivity contribution is 8.00. The summed E-state index contributed by atoms with van der Waals surface area (Å²) in [6.07, 6.45) is 12.3. The van der Waals surface area contributed by atoms with E-state index < -0.39 is 0 Å². The SMILES string of the molecule is O=C1CCC(Sc2cccc(CC3CCC(CC4CCC4)C3)c2)C(=O)N1. The van der Waals surface area contributed by atoms with E-state index in [1.807, 2.05) is 0 Å². The summed E-state index contributed by atoms with van der Waals surface area (Å²) in [5.41, 5.74) is 1.40. The number of thioether (sulfide) groups is 1. The Balaban J connectivity index is 1.30. The summed E-state index contributed by atoms with van der Waals surface area (Å²) in [7, 11) is 0. The molecular weight excluding hydrogens is 342 g/mol. The Morgan fingerprint density at radius 3 is 2.62 bits per heavy atom. The number of imide groups is 1. The summed E-state index contributed by atoms with van der Waals surface area (Å²) in [5, 5.41) is 2.32. The normalized spacial score (nSPS) is 29.5. The maximum Gasteiger partial charge on any atom is 0.240 e. The van der Waals surface area contributed by atoms with Crippen LogP contribution in [-0.4, -0.2) is 17.1 Å². The lowest BCUT2D eigenvalue weighted by atomic mass is 9.78. The molecule has 0 bridgehead atoms. The lowest BCUT2D eigenvalue weighted by Gasteiger charge is -2.28. The number of rotatable bonds is 6. The van der Waals surface area contributed by atoms with Gasteiger partial charge >= 0.3 is 0 Å². The highest BCUT2D eigenvalue weighted by Gasteiger charge is 2.30. The van der Waals surface area contributed by atoms with E-state index >= 15 is 0 Å². The zero-order valence-corrected chi connectivity index (χ0v) is 16.2. The van der Waals surface area contributed by atoms with E-state index in [-0.39, 0.29) is 17.1 Å². The second kappa shape index (κ2) is 8.16. The van der Waals surface area contributed by atoms with Crippen molar-refractivity contribution in [3.63, 3.8) is 0 Å². The summed E-state index contributed by atoms with van der Waals surface area (Å²) in [4.78, 5) is 24.4. The molecule has 3 atom stereocenters. The lowest BCUT2D eigenvalue weighted by molar-refractivity contribution is -0.132. The molecule has 0 spiro atoms. The molecule has 3 aliphatic rings. The first-order valence-corrected chi connectivity index (χ1v) is 11.1. The van der Waals surface area contributed by atoms with Crippen LogP contribution in [-0.2, 0) is 16.0 Å². The fraction of sp³-hybridized carbons (Fsp3) is 0.636. The van der Waals surface area contributed by atoms with Crippen LogP contribution in [0.1, 0.15) is 63.4 Å². The van der Waals surface area contributed by atoms with E-state index in [0.29, 0.717) is 12.8 Å². The van der Waals surface area contributed by atoms with Crippen LogP contribution in [0.25, 0.3) is 0 Å². The molecular formula is C22H29NO2S. The van der Waals surface area contributed by atoms with Crippen molar-refractivity contribution in [3.05, 3.63) is 29.8 Å². The van der Waals surface area contributed by atoms with Gasteiger partial charge in [0, 0.05) is 11.3 Å². The molecule has 1 aliphatic heterocycles. The monoisotopic (exact) mass is 371 g/mol. The smallest absolute Gasteiger partial charge is 0.240 e. The van der Waals surface area contributed by atoms with Gasteiger partial charge in [0.1, 0.15) is 0 Å². The topological polar surface area (TPSA) is 46.2 Å². The summed E-state index contributed by atoms with van der Waals surface area (Å²) in [6, 6.07) is 8.69. The fourth-order valence-corrected chi connectivity index (χ4v) is 5.91. The second-order valence-electron chi connectivity index (χ2n) is 8.49. The van der Waals surface area contributed by atoms with E-state index in [4.69, 9.17) is 0 Å². The molecule has 26 heavy (non-hydrogen) atoms. The number of amides is 2. The third-order valence-electron chi connectivity index (χ3n) is 6.43. The van der Waals surface area contributed by atoms with Crippen molar-refractivity contribution in [3.8, 4) is 0 Å². The Hall–Kier alpha value is -1.29. The predicted molar refractivity (Wildman–Crippen MR) is 105 cm³/mol. The lowest BCUT2D eigenvalue weighted by Crippen LogP contribution is -2.42. The molecule has 4 rings (SSSR count). The first-order valence-electron chi connectivity index (χ1n) is 10.2. The highest BCUT2D eigenvalue weighted by Crippen LogP contribution is 2.41. The quantitative estimate of drug-likeness (QED) is 0.735. The van der Waals surface area contributed by atoms with Gasteiger partial charge in [0.15, 0.2) is 0 Å². The molecule has 0 aromatic heterocycles. The average molecular weight is 372 g/mol. The summed E-state index contributed by atoms with van der Waals surface area (Å²) < 4.78 is 0. The van der Waals surface area contributed by atoms with Crippen molar-refractivity contribution in [1.82, 2.24) is 5.32 Å². The number of piperidine rings is 1. The average Bonchev–Trinajstić information content (AvgIpc) is 3.01. The third kappa shape index (κ3) is 4.51. The summed E-state index contributed by atoms with van der Waals surface area (Å²) in [6.45, 7) is 0. The van der Waals surface area contributed by atoms with Crippen LogP contribution in [0.5, 0.6) is 0 Å². The van der Waals surface area contributed by atoms with Gasteiger partial charge in [0.05, 0.1) is 5.25 Å². The molecule has 4 heteroatoms. The second-order valence-corrected chi connectivity index (χ2v) is 9.76. The first-order chi connectivity index (χ1) is 12.7. The minimum atomic E-state index is -0.140. The van der Waals surface area contributed by atoms with Gasteiger partial charge in [0.2, 0.25) is 11.8 Å². The summed E-state index contributed by atoms with van der Waals surface area (Å²) >= 11 is 1.60. The minimum absolute atomic E-state index is 0.133. The van der Waals surface area contributed by atoms with Crippen LogP contribution in [0.4, 0.5) is 0 Å². The molecule has 3 fully saturated rings. The largest absolute Gasteiger partial charge is 0.295 e. The zero-order valence-electron chi connectivity index (χ0n) is 15.4. The molecule has 140 valence electrons. The number of hydrogen-bond donors (Lipinski definition) is 1. The van der Waals surface area contributed by atoms with Gasteiger partial charge in [-0.1, -0.05) is 37.8 Å². The van der Waals surface area contributed by atoms with Crippen LogP contribution >= 0.6 is 11.8 Å². The van der Waals surface area contributed by atoms with Crippen molar-refractivity contribution >= 4 is 23.6 Å². The maximum atomic E-state index is 12.0. The molecule has 2 aliphatic carbocycles. The molecule has 1 heterocycles. The van der Waals surface area contributed by atoms with Gasteiger partial charge in [-0.3, -0.25) is 14.9 Å². The van der Waals surface area contributed by atoms with Crippen LogP contribution < -0.4 is 5.32 Å². The molecule has 3 nitrogen and oxygen atoms in total. The standard InChI is InChI=1S/C22H29NO2S/c24-21-10-9-20(22(25)23-21)26-19-6-2-5-16(14-19)12-18-8-7-17(13-18)11-15-3-1-4-15/h2,5-6,14-15,17-18,20H,1,3-4,7-13H2,(H,23,24,25). The Bertz CT molecular complexity index is 670. The van der Waals surface area contributed by atoms with E-state index in [1.54, 1.807) is 11.8 Å². The van der Waals surface area contributed by atoms with Crippen molar-refractivity contribution in [1.29, 1.82) is 0 Å². The molecule has 1 aromatic carbocycles. The van der Waals surface area contributed by atoms with E-state index in [9.17, 15) is 9.59 Å². The number of nitrogens with one attached hydrogen (secondary N) is 1. The predicted octanol–water partition coefficient (Wildman–Crippen LogP) is 4.73. The maximum absolute atomic E-state index is 12.0. The number of hydrogen-bond acceptors (Lipinski definition) is 3. The van der Waals surface area contributed by atoms with E-state index in [1.165, 1.54) is 56.9 Å². The van der Waals surface area contributed by atoms with E-state index in [0.717, 1.165) is 22.6 Å². The number of benzene rings is 1. The Labute approximate surface area is 160 Å². The molecule has 1 saturated heterocycles. The zero-order chi connectivity index (χ0) is 17.9. The van der Waals surface area contributed by atoms with Crippen LogP contribution in [0.15, 0.2) is 29.2 Å². The Kier molecular flexibility index (Phi) is 5.68. The number of carbonyl (C=O) groups excluding carboxylic acids is 2. The third-order valence-corrected chi connectivity index (χ3v) is 7.69. The molecule has 3 unspecified atom stereocenters. The van der Waals surface area contributed by atoms with Gasteiger partial charge in [-0.25, -0.2) is 0 Å². The van der Waals surface area contributed by atoms with Crippen LogP contribution in [0.2, 0.25) is 0 Å². The Morgan fingerprint density at radius 2 is 1.85 bits per heavy atom. The van der Waals surface area contributed by atoms with Crippen LogP contribution in [0.3, 0.4) is 0 Å². The van der Waals surface area contributed by atoms with Gasteiger partial charge in [-0.2, -0.15) is 0 Å². The van der Waals surface area contributed by atoms with Crippen molar-refractivity contribution < 1.29 is 9.59 Å².